The molecule has 0 aliphatic rings. The summed E-state index contributed by atoms with van der Waals surface area (Å²) in [4.78, 5) is 14.1. The summed E-state index contributed by atoms with van der Waals surface area (Å²) < 4.78 is 0. The molecule has 2 rings (SSSR count). The summed E-state index contributed by atoms with van der Waals surface area (Å²) in [6, 6.07) is 9.66. The van der Waals surface area contributed by atoms with Crippen molar-refractivity contribution in [3.05, 3.63) is 47.5 Å². The van der Waals surface area contributed by atoms with Crippen molar-refractivity contribution in [1.29, 1.82) is 0 Å². The summed E-state index contributed by atoms with van der Waals surface area (Å²) in [6.07, 6.45) is 0. The smallest absolute Gasteiger partial charge is 0.197 e. The Morgan fingerprint density at radius 3 is 2.00 bits per heavy atom. The molecule has 0 unspecified atom stereocenters. The Labute approximate surface area is 121 Å². The van der Waals surface area contributed by atoms with E-state index in [9.17, 15) is 9.90 Å². The molecule has 1 N–H and O–H groups in total. The van der Waals surface area contributed by atoms with Gasteiger partial charge in [-0.2, -0.15) is 0 Å². The van der Waals surface area contributed by atoms with Gasteiger partial charge in [-0.25, -0.2) is 0 Å². The number of carbonyl (C=O) groups excluding carboxylic acids is 1. The highest BCUT2D eigenvalue weighted by atomic mass is 32.1. The van der Waals surface area contributed by atoms with Crippen LogP contribution in [-0.2, 0) is 0 Å². The van der Waals surface area contributed by atoms with Crippen LogP contribution in [0.25, 0.3) is 0 Å². The van der Waals surface area contributed by atoms with Crippen LogP contribution in [0.15, 0.2) is 51.1 Å². The topological polar surface area (TPSA) is 37.3 Å². The zero-order chi connectivity index (χ0) is 13.3. The van der Waals surface area contributed by atoms with Crippen LogP contribution in [0.1, 0.15) is 15.9 Å². The summed E-state index contributed by atoms with van der Waals surface area (Å²) in [5.41, 5.74) is 0.661. The Morgan fingerprint density at radius 1 is 0.889 bits per heavy atom. The van der Waals surface area contributed by atoms with Gasteiger partial charge in [-0.1, -0.05) is 0 Å². The van der Waals surface area contributed by atoms with Crippen molar-refractivity contribution >= 4 is 43.7 Å². The molecule has 0 bridgehead atoms. The second-order valence-corrected chi connectivity index (χ2v) is 5.25. The van der Waals surface area contributed by atoms with Crippen LogP contribution in [0.2, 0.25) is 0 Å². The minimum Gasteiger partial charge on any atom is -0.507 e. The maximum Gasteiger partial charge on any atom is 0.197 e. The lowest BCUT2D eigenvalue weighted by molar-refractivity contribution is 0.103. The van der Waals surface area contributed by atoms with E-state index in [0.29, 0.717) is 15.4 Å². The first-order chi connectivity index (χ1) is 8.49. The molecule has 0 spiro atoms. The number of rotatable bonds is 2. The van der Waals surface area contributed by atoms with Gasteiger partial charge in [0.15, 0.2) is 5.78 Å². The largest absolute Gasteiger partial charge is 0.507 e. The molecule has 92 valence electrons. The van der Waals surface area contributed by atoms with Crippen molar-refractivity contribution in [3.8, 4) is 5.75 Å². The Balaban J connectivity index is 2.48. The first kappa shape index (κ1) is 13.4. The van der Waals surface area contributed by atoms with E-state index in [-0.39, 0.29) is 17.1 Å². The Morgan fingerprint density at radius 2 is 1.44 bits per heavy atom. The summed E-state index contributed by atoms with van der Waals surface area (Å²) >= 11 is 12.5. The third-order valence-corrected chi connectivity index (χ3v) is 3.38. The molecule has 0 radical (unpaired) electrons. The Hall–Kier alpha value is -1.04. The Kier molecular flexibility index (Phi) is 3.94. The number of aromatic hydroxyl groups is 1. The summed E-state index contributed by atoms with van der Waals surface area (Å²) in [6.45, 7) is 0. The van der Waals surface area contributed by atoms with Gasteiger partial charge in [0.2, 0.25) is 0 Å². The zero-order valence-corrected chi connectivity index (χ0v) is 11.8. The first-order valence-corrected chi connectivity index (χ1v) is 6.42. The maximum absolute atomic E-state index is 12.3. The molecular weight excluding hydrogens is 284 g/mol. The van der Waals surface area contributed by atoms with Gasteiger partial charge in [0, 0.05) is 20.2 Å². The monoisotopic (exact) mass is 294 g/mol. The number of phenolic OH excluding ortho intramolecular Hbond substituents is 1. The van der Waals surface area contributed by atoms with Crippen LogP contribution in [0.3, 0.4) is 0 Å². The molecular formula is C13H10O2S3. The lowest BCUT2D eigenvalue weighted by atomic mass is 10.0. The lowest BCUT2D eigenvalue weighted by Crippen LogP contribution is -2.03. The van der Waals surface area contributed by atoms with Gasteiger partial charge in [0.1, 0.15) is 5.75 Å². The molecule has 0 fully saturated rings. The van der Waals surface area contributed by atoms with E-state index >= 15 is 0 Å². The van der Waals surface area contributed by atoms with E-state index in [0.717, 1.165) is 4.90 Å². The molecule has 0 aliphatic carbocycles. The molecule has 0 atom stereocenters. The van der Waals surface area contributed by atoms with Gasteiger partial charge in [-0.05, 0) is 36.4 Å². The molecule has 0 aromatic heterocycles. The number of ketones is 1. The van der Waals surface area contributed by atoms with Gasteiger partial charge >= 0.3 is 0 Å². The second-order valence-electron chi connectivity index (χ2n) is 3.73. The quantitative estimate of drug-likeness (QED) is 0.505. The van der Waals surface area contributed by atoms with Crippen molar-refractivity contribution in [3.63, 3.8) is 0 Å². The predicted octanol–water partition coefficient (Wildman–Crippen LogP) is 3.49. The van der Waals surface area contributed by atoms with E-state index in [1.807, 2.05) is 0 Å². The van der Waals surface area contributed by atoms with Crippen LogP contribution in [0.5, 0.6) is 5.75 Å². The minimum absolute atomic E-state index is 0.0878. The van der Waals surface area contributed by atoms with Crippen molar-refractivity contribution in [2.75, 3.05) is 0 Å². The van der Waals surface area contributed by atoms with Crippen LogP contribution in [0.4, 0.5) is 0 Å². The third-order valence-electron chi connectivity index (χ3n) is 2.45. The SMILES string of the molecule is O=C(c1ccc(S)cc1O)c1ccc(S)cc1S. The molecule has 2 aromatic rings. The normalized spacial score (nSPS) is 10.4. The first-order valence-electron chi connectivity index (χ1n) is 5.07. The number of benzene rings is 2. The van der Waals surface area contributed by atoms with Crippen LogP contribution >= 0.6 is 37.9 Å². The minimum atomic E-state index is -0.279. The van der Waals surface area contributed by atoms with Crippen LogP contribution in [0, 0.1) is 0 Å². The molecule has 2 nitrogen and oxygen atoms in total. The van der Waals surface area contributed by atoms with Gasteiger partial charge in [-0.15, -0.1) is 37.9 Å². The van der Waals surface area contributed by atoms with E-state index in [1.54, 1.807) is 30.3 Å². The Bertz CT molecular complexity index is 570. The van der Waals surface area contributed by atoms with E-state index in [1.165, 1.54) is 6.07 Å². The summed E-state index contributed by atoms with van der Waals surface area (Å²) in [5.74, 6) is -0.366. The number of phenols is 1. The van der Waals surface area contributed by atoms with Crippen molar-refractivity contribution in [2.24, 2.45) is 0 Å². The molecule has 18 heavy (non-hydrogen) atoms. The number of hydrogen-bond acceptors (Lipinski definition) is 5. The fourth-order valence-corrected chi connectivity index (χ4v) is 2.39. The fraction of sp³-hybridized carbons (Fsp3) is 0. The second kappa shape index (κ2) is 5.30. The van der Waals surface area contributed by atoms with Crippen LogP contribution < -0.4 is 0 Å². The highest BCUT2D eigenvalue weighted by Gasteiger charge is 2.16. The van der Waals surface area contributed by atoms with E-state index < -0.39 is 0 Å². The fourth-order valence-electron chi connectivity index (χ4n) is 1.57. The standard InChI is InChI=1S/C13H10O2S3/c14-11-5-7(16)1-3-9(11)13(15)10-4-2-8(17)6-12(10)18/h1-6,14,16-18H. The van der Waals surface area contributed by atoms with Crippen molar-refractivity contribution < 1.29 is 9.90 Å². The van der Waals surface area contributed by atoms with Gasteiger partial charge in [-0.3, -0.25) is 4.79 Å². The molecule has 2 aromatic carbocycles. The average Bonchev–Trinajstić information content (AvgIpc) is 2.28. The summed E-state index contributed by atoms with van der Waals surface area (Å²) in [5, 5.41) is 9.76. The van der Waals surface area contributed by atoms with Crippen LogP contribution in [-0.4, -0.2) is 10.9 Å². The van der Waals surface area contributed by atoms with E-state index in [2.05, 4.69) is 37.9 Å². The molecule has 5 heteroatoms. The maximum atomic E-state index is 12.3. The van der Waals surface area contributed by atoms with Gasteiger partial charge in [0.25, 0.3) is 0 Å². The number of hydrogen-bond donors (Lipinski definition) is 4. The molecule has 0 aliphatic heterocycles. The van der Waals surface area contributed by atoms with Crippen molar-refractivity contribution in [1.82, 2.24) is 0 Å². The van der Waals surface area contributed by atoms with Crippen molar-refractivity contribution in [2.45, 2.75) is 14.7 Å². The third kappa shape index (κ3) is 2.68. The number of carbonyl (C=O) groups is 1. The van der Waals surface area contributed by atoms with Gasteiger partial charge in [0.05, 0.1) is 5.56 Å². The van der Waals surface area contributed by atoms with Gasteiger partial charge < -0.3 is 5.11 Å². The molecule has 0 saturated carbocycles. The summed E-state index contributed by atoms with van der Waals surface area (Å²) in [7, 11) is 0. The zero-order valence-electron chi connectivity index (χ0n) is 9.16. The highest BCUT2D eigenvalue weighted by Crippen LogP contribution is 2.27. The predicted molar refractivity (Wildman–Crippen MR) is 79.7 cm³/mol. The average molecular weight is 294 g/mol. The number of thiol groups is 3. The molecule has 0 saturated heterocycles. The lowest BCUT2D eigenvalue weighted by Gasteiger charge is -2.07. The van der Waals surface area contributed by atoms with E-state index in [4.69, 9.17) is 0 Å². The molecule has 0 amide bonds. The highest BCUT2D eigenvalue weighted by molar-refractivity contribution is 7.81. The molecule has 0 heterocycles.